The van der Waals surface area contributed by atoms with Gasteiger partial charge in [0.1, 0.15) is 5.84 Å². The minimum absolute atomic E-state index is 0.289. The monoisotopic (exact) mass is 470 g/mol. The third-order valence-electron chi connectivity index (χ3n) is 5.27. The number of aliphatic imine (C=N–C) groups is 1. The van der Waals surface area contributed by atoms with E-state index < -0.39 is 0 Å². The van der Waals surface area contributed by atoms with Gasteiger partial charge in [0.2, 0.25) is 0 Å². The van der Waals surface area contributed by atoms with Crippen molar-refractivity contribution in [2.45, 2.75) is 53.0 Å². The summed E-state index contributed by atoms with van der Waals surface area (Å²) in [4.78, 5) is 8.57. The standard InChI is InChI=1S/C31H45BN3/c1-10-14-15-16-17-18-21-28(6)35(32-26-12-3)29(7)24-25-30(13-4)22-19-23-31(33-8)34(9)27(5)20-11-2/h10-13,16-21,23-27H,1,6-7,14-15,22H2,2-5,8-9H3/b17-16-,20-11-,21-18-,23-19-,25-24-,26-12-,30-13-,33-31?. The highest BCUT2D eigenvalue weighted by Crippen LogP contribution is 2.14. The van der Waals surface area contributed by atoms with Crippen molar-refractivity contribution in [3.05, 3.63) is 122 Å². The van der Waals surface area contributed by atoms with Gasteiger partial charge in [0.25, 0.3) is 7.41 Å². The highest BCUT2D eigenvalue weighted by molar-refractivity contribution is 6.40. The van der Waals surface area contributed by atoms with E-state index in [2.05, 4.69) is 93.1 Å². The Labute approximate surface area is 216 Å². The lowest BCUT2D eigenvalue weighted by molar-refractivity contribution is 0.454. The van der Waals surface area contributed by atoms with Gasteiger partial charge in [-0.1, -0.05) is 73.9 Å². The van der Waals surface area contributed by atoms with Crippen LogP contribution in [0.25, 0.3) is 0 Å². The Morgan fingerprint density at radius 1 is 0.943 bits per heavy atom. The molecule has 0 aliphatic carbocycles. The summed E-state index contributed by atoms with van der Waals surface area (Å²) in [5.41, 5.74) is 2.88. The molecule has 0 saturated carbocycles. The van der Waals surface area contributed by atoms with Crippen LogP contribution >= 0.6 is 0 Å². The summed E-state index contributed by atoms with van der Waals surface area (Å²) < 4.78 is 0. The van der Waals surface area contributed by atoms with Crippen LogP contribution in [0.2, 0.25) is 0 Å². The van der Waals surface area contributed by atoms with Crippen LogP contribution in [0.15, 0.2) is 127 Å². The summed E-state index contributed by atoms with van der Waals surface area (Å²) in [6, 6.07) is 0.289. The Morgan fingerprint density at radius 2 is 1.66 bits per heavy atom. The van der Waals surface area contributed by atoms with Crippen LogP contribution < -0.4 is 0 Å². The molecule has 0 aromatic carbocycles. The van der Waals surface area contributed by atoms with Gasteiger partial charge < -0.3 is 9.71 Å². The predicted molar refractivity (Wildman–Crippen MR) is 160 cm³/mol. The van der Waals surface area contributed by atoms with E-state index in [9.17, 15) is 0 Å². The van der Waals surface area contributed by atoms with Crippen molar-refractivity contribution in [1.29, 1.82) is 0 Å². The fourth-order valence-electron chi connectivity index (χ4n) is 3.02. The second-order valence-electron chi connectivity index (χ2n) is 7.94. The number of hydrogen-bond acceptors (Lipinski definition) is 2. The quantitative estimate of drug-likeness (QED) is 0.0570. The van der Waals surface area contributed by atoms with E-state index in [0.29, 0.717) is 0 Å². The second-order valence-corrected chi connectivity index (χ2v) is 7.94. The van der Waals surface area contributed by atoms with Gasteiger partial charge in [0.15, 0.2) is 0 Å². The van der Waals surface area contributed by atoms with Crippen LogP contribution in [0.3, 0.4) is 0 Å². The maximum atomic E-state index is 4.43. The number of allylic oxidation sites excluding steroid dienone is 12. The molecule has 0 aliphatic heterocycles. The van der Waals surface area contributed by atoms with Crippen molar-refractivity contribution >= 4 is 13.3 Å². The molecule has 0 spiro atoms. The first-order chi connectivity index (χ1) is 16.9. The minimum atomic E-state index is 0.289. The SMILES string of the molecule is C=CCC/C=C\C=C/C(=C)N([B]/C=C\C)C(=C)/C=C\C(=C/C)C/C=C\C(=NC)N(C)C(C)/C=C\C. The van der Waals surface area contributed by atoms with E-state index in [1.807, 2.05) is 75.6 Å². The van der Waals surface area contributed by atoms with Crippen LogP contribution in [0.4, 0.5) is 0 Å². The Balaban J connectivity index is 5.25. The molecule has 3 nitrogen and oxygen atoms in total. The number of hydrogen-bond donors (Lipinski definition) is 0. The lowest BCUT2D eigenvalue weighted by atomic mass is 9.88. The summed E-state index contributed by atoms with van der Waals surface area (Å²) >= 11 is 0. The first kappa shape index (κ1) is 31.7. The van der Waals surface area contributed by atoms with Gasteiger partial charge in [-0.05, 0) is 70.8 Å². The molecule has 0 aromatic heterocycles. The third-order valence-corrected chi connectivity index (χ3v) is 5.27. The van der Waals surface area contributed by atoms with Crippen LogP contribution in [-0.2, 0) is 0 Å². The molecule has 0 saturated heterocycles. The molecule has 1 radical (unpaired) electrons. The molecule has 1 unspecified atom stereocenters. The molecule has 187 valence electrons. The average molecular weight is 471 g/mol. The van der Waals surface area contributed by atoms with Crippen LogP contribution in [-0.4, -0.2) is 43.1 Å². The zero-order chi connectivity index (χ0) is 26.5. The fourth-order valence-corrected chi connectivity index (χ4v) is 3.02. The maximum Gasteiger partial charge on any atom is 0.282 e. The molecule has 1 atom stereocenters. The summed E-state index contributed by atoms with van der Waals surface area (Å²) in [6.07, 6.45) is 29.5. The Kier molecular flexibility index (Phi) is 18.3. The average Bonchev–Trinajstić information content (AvgIpc) is 2.85. The fraction of sp³-hybridized carbons (Fsp3) is 0.323. The van der Waals surface area contributed by atoms with E-state index in [0.717, 1.165) is 36.5 Å². The topological polar surface area (TPSA) is 18.8 Å². The van der Waals surface area contributed by atoms with Crippen LogP contribution in [0.1, 0.15) is 47.0 Å². The van der Waals surface area contributed by atoms with Crippen LogP contribution in [0, 0.1) is 0 Å². The van der Waals surface area contributed by atoms with Gasteiger partial charge in [0.05, 0.1) is 0 Å². The second kappa shape index (κ2) is 20.1. The summed E-state index contributed by atoms with van der Waals surface area (Å²) in [6.45, 7) is 20.4. The highest BCUT2D eigenvalue weighted by Gasteiger charge is 2.08. The molecule has 0 bridgehead atoms. The first-order valence-electron chi connectivity index (χ1n) is 12.3. The van der Waals surface area contributed by atoms with Gasteiger partial charge in [-0.15, -0.1) is 12.6 Å². The Hall–Kier alpha value is -3.27. The molecule has 35 heavy (non-hydrogen) atoms. The molecule has 0 rings (SSSR count). The molecular formula is C31H45BN3. The normalized spacial score (nSPS) is 14.2. The van der Waals surface area contributed by atoms with Crippen LogP contribution in [0.5, 0.6) is 0 Å². The Bertz CT molecular complexity index is 894. The van der Waals surface area contributed by atoms with Gasteiger partial charge in [-0.25, -0.2) is 0 Å². The number of nitrogens with zero attached hydrogens (tertiary/aromatic N) is 3. The molecule has 4 heteroatoms. The van der Waals surface area contributed by atoms with E-state index >= 15 is 0 Å². The van der Waals surface area contributed by atoms with E-state index in [1.54, 1.807) is 0 Å². The van der Waals surface area contributed by atoms with Crippen molar-refractivity contribution in [1.82, 2.24) is 9.71 Å². The van der Waals surface area contributed by atoms with Gasteiger partial charge in [-0.3, -0.25) is 4.99 Å². The largest absolute Gasteiger partial charge is 0.387 e. The number of likely N-dealkylation sites (N-methyl/N-ethyl adjacent to an activating group) is 1. The van der Waals surface area contributed by atoms with Gasteiger partial charge >= 0.3 is 0 Å². The number of unbranched alkanes of at least 4 members (excludes halogenated alkanes) is 1. The minimum Gasteiger partial charge on any atom is -0.387 e. The lowest BCUT2D eigenvalue weighted by Crippen LogP contribution is -2.32. The zero-order valence-corrected chi connectivity index (χ0v) is 22.8. The van der Waals surface area contributed by atoms with E-state index in [1.165, 1.54) is 5.57 Å². The van der Waals surface area contributed by atoms with Crippen molar-refractivity contribution in [2.24, 2.45) is 4.99 Å². The number of rotatable bonds is 16. The molecule has 0 aliphatic rings. The molecular weight excluding hydrogens is 425 g/mol. The zero-order valence-electron chi connectivity index (χ0n) is 22.8. The van der Waals surface area contributed by atoms with E-state index in [4.69, 9.17) is 0 Å². The summed E-state index contributed by atoms with van der Waals surface area (Å²) in [5.74, 6) is 2.93. The molecule has 0 N–H and O–H groups in total. The summed E-state index contributed by atoms with van der Waals surface area (Å²) in [7, 11) is 5.86. The van der Waals surface area contributed by atoms with Crippen molar-refractivity contribution < 1.29 is 0 Å². The lowest BCUT2D eigenvalue weighted by Gasteiger charge is -2.24. The van der Waals surface area contributed by atoms with Gasteiger partial charge in [0, 0.05) is 31.5 Å². The van der Waals surface area contributed by atoms with E-state index in [-0.39, 0.29) is 6.04 Å². The Morgan fingerprint density at radius 3 is 2.26 bits per heavy atom. The highest BCUT2D eigenvalue weighted by atomic mass is 15.2. The molecule has 0 fully saturated rings. The first-order valence-corrected chi connectivity index (χ1v) is 12.3. The van der Waals surface area contributed by atoms with Crippen molar-refractivity contribution in [3.63, 3.8) is 0 Å². The molecule has 0 amide bonds. The van der Waals surface area contributed by atoms with Crippen molar-refractivity contribution in [3.8, 4) is 0 Å². The van der Waals surface area contributed by atoms with Gasteiger partial charge in [-0.2, -0.15) is 0 Å². The summed E-state index contributed by atoms with van der Waals surface area (Å²) in [5, 5.41) is 0. The smallest absolute Gasteiger partial charge is 0.282 e. The third kappa shape index (κ3) is 13.9. The van der Waals surface area contributed by atoms with Crippen molar-refractivity contribution in [2.75, 3.05) is 14.1 Å². The maximum absolute atomic E-state index is 4.43. The molecule has 0 aromatic rings. The molecule has 0 heterocycles. The predicted octanol–water partition coefficient (Wildman–Crippen LogP) is 7.92. The number of amidine groups is 1.